The van der Waals surface area contributed by atoms with Gasteiger partial charge in [-0.05, 0) is 32.2 Å². The van der Waals surface area contributed by atoms with Crippen LogP contribution in [0.3, 0.4) is 0 Å². The van der Waals surface area contributed by atoms with Gasteiger partial charge in [-0.1, -0.05) is 19.9 Å². The third kappa shape index (κ3) is 2.85. The lowest BCUT2D eigenvalue weighted by molar-refractivity contribution is 0.136. The van der Waals surface area contributed by atoms with Crippen LogP contribution in [0.25, 0.3) is 0 Å². The Labute approximate surface area is 81.4 Å². The molecule has 0 N–H and O–H groups in total. The average Bonchev–Trinajstić information content (AvgIpc) is 2.42. The predicted octanol–water partition coefficient (Wildman–Crippen LogP) is 2.59. The molecule has 0 aromatic heterocycles. The van der Waals surface area contributed by atoms with E-state index in [1.807, 2.05) is 0 Å². The van der Waals surface area contributed by atoms with Crippen LogP contribution in [0.1, 0.15) is 40.5 Å². The normalized spacial score (nSPS) is 22.5. The zero-order valence-electron chi connectivity index (χ0n) is 9.09. The molecular formula is C10H19BO2. The van der Waals surface area contributed by atoms with Crippen molar-refractivity contribution in [3.05, 3.63) is 11.5 Å². The number of hydrogen-bond acceptors (Lipinski definition) is 2. The van der Waals surface area contributed by atoms with E-state index < -0.39 is 0 Å². The molecule has 1 saturated heterocycles. The third-order valence-corrected chi connectivity index (χ3v) is 2.19. The van der Waals surface area contributed by atoms with Crippen LogP contribution in [0.2, 0.25) is 0 Å². The van der Waals surface area contributed by atoms with E-state index >= 15 is 0 Å². The molecule has 0 atom stereocenters. The SMILES string of the molecule is CC/C=C(\CC)B1OCC(C)(C)O1. The molecule has 0 amide bonds. The smallest absolute Gasteiger partial charge is 0.405 e. The van der Waals surface area contributed by atoms with Gasteiger partial charge in [-0.3, -0.25) is 0 Å². The van der Waals surface area contributed by atoms with E-state index in [-0.39, 0.29) is 12.7 Å². The van der Waals surface area contributed by atoms with Gasteiger partial charge in [0.05, 0.1) is 12.2 Å². The Morgan fingerprint density at radius 1 is 1.46 bits per heavy atom. The Hall–Kier alpha value is -0.275. The summed E-state index contributed by atoms with van der Waals surface area (Å²) in [6, 6.07) is 0. The van der Waals surface area contributed by atoms with Gasteiger partial charge in [0.25, 0.3) is 0 Å². The van der Waals surface area contributed by atoms with Crippen molar-refractivity contribution in [3.63, 3.8) is 0 Å². The second-order valence-electron chi connectivity index (χ2n) is 4.06. The minimum atomic E-state index is -0.118. The molecular weight excluding hydrogens is 163 g/mol. The second-order valence-corrected chi connectivity index (χ2v) is 4.06. The summed E-state index contributed by atoms with van der Waals surface area (Å²) in [5.74, 6) is 0. The van der Waals surface area contributed by atoms with Gasteiger partial charge < -0.3 is 9.31 Å². The molecule has 0 spiro atoms. The molecule has 3 heteroatoms. The Kier molecular flexibility index (Phi) is 3.57. The molecule has 0 saturated carbocycles. The van der Waals surface area contributed by atoms with E-state index in [9.17, 15) is 0 Å². The van der Waals surface area contributed by atoms with Gasteiger partial charge in [0.1, 0.15) is 0 Å². The van der Waals surface area contributed by atoms with Gasteiger partial charge >= 0.3 is 7.12 Å². The van der Waals surface area contributed by atoms with Crippen LogP contribution in [-0.2, 0) is 9.31 Å². The second kappa shape index (κ2) is 4.29. The maximum absolute atomic E-state index is 5.76. The Morgan fingerprint density at radius 2 is 2.15 bits per heavy atom. The average molecular weight is 182 g/mol. The van der Waals surface area contributed by atoms with Crippen molar-refractivity contribution in [2.24, 2.45) is 0 Å². The predicted molar refractivity (Wildman–Crippen MR) is 55.5 cm³/mol. The van der Waals surface area contributed by atoms with Crippen LogP contribution in [-0.4, -0.2) is 19.3 Å². The van der Waals surface area contributed by atoms with E-state index in [1.165, 1.54) is 5.47 Å². The van der Waals surface area contributed by atoms with Crippen molar-refractivity contribution in [2.75, 3.05) is 6.61 Å². The fourth-order valence-electron chi connectivity index (χ4n) is 1.49. The monoisotopic (exact) mass is 182 g/mol. The number of rotatable bonds is 3. The van der Waals surface area contributed by atoms with Crippen molar-refractivity contribution < 1.29 is 9.31 Å². The van der Waals surface area contributed by atoms with Crippen molar-refractivity contribution in [2.45, 2.75) is 46.1 Å². The van der Waals surface area contributed by atoms with Crippen LogP contribution in [0.4, 0.5) is 0 Å². The highest BCUT2D eigenvalue weighted by Gasteiger charge is 2.38. The fraction of sp³-hybridized carbons (Fsp3) is 0.800. The largest absolute Gasteiger partial charge is 0.489 e. The van der Waals surface area contributed by atoms with E-state index in [1.54, 1.807) is 0 Å². The maximum Gasteiger partial charge on any atom is 0.489 e. The molecule has 0 aromatic rings. The molecule has 1 heterocycles. The molecule has 0 aliphatic carbocycles. The van der Waals surface area contributed by atoms with Gasteiger partial charge in [0.2, 0.25) is 0 Å². The summed E-state index contributed by atoms with van der Waals surface area (Å²) >= 11 is 0. The third-order valence-electron chi connectivity index (χ3n) is 2.19. The molecule has 0 radical (unpaired) electrons. The van der Waals surface area contributed by atoms with Crippen LogP contribution in [0, 0.1) is 0 Å². The lowest BCUT2D eigenvalue weighted by Gasteiger charge is -2.16. The molecule has 0 unspecified atom stereocenters. The molecule has 1 fully saturated rings. The molecule has 0 bridgehead atoms. The van der Waals surface area contributed by atoms with Crippen LogP contribution >= 0.6 is 0 Å². The summed E-state index contributed by atoms with van der Waals surface area (Å²) in [4.78, 5) is 0. The Morgan fingerprint density at radius 3 is 2.54 bits per heavy atom. The topological polar surface area (TPSA) is 18.5 Å². The zero-order chi connectivity index (χ0) is 9.90. The number of hydrogen-bond donors (Lipinski definition) is 0. The molecule has 0 aromatic carbocycles. The van der Waals surface area contributed by atoms with E-state index in [2.05, 4.69) is 33.8 Å². The van der Waals surface area contributed by atoms with Gasteiger partial charge in [-0.2, -0.15) is 0 Å². The summed E-state index contributed by atoms with van der Waals surface area (Å²) in [6.07, 6.45) is 4.26. The van der Waals surface area contributed by atoms with Gasteiger partial charge in [0, 0.05) is 0 Å². The van der Waals surface area contributed by atoms with E-state index in [4.69, 9.17) is 9.31 Å². The highest BCUT2D eigenvalue weighted by Crippen LogP contribution is 2.24. The summed E-state index contributed by atoms with van der Waals surface area (Å²) in [5.41, 5.74) is 1.15. The van der Waals surface area contributed by atoms with Crippen LogP contribution in [0.15, 0.2) is 11.5 Å². The zero-order valence-corrected chi connectivity index (χ0v) is 9.09. The molecule has 74 valence electrons. The highest BCUT2D eigenvalue weighted by molar-refractivity contribution is 6.54. The van der Waals surface area contributed by atoms with E-state index in [0.29, 0.717) is 6.61 Å². The molecule has 1 aliphatic heterocycles. The van der Waals surface area contributed by atoms with Gasteiger partial charge in [0.15, 0.2) is 0 Å². The van der Waals surface area contributed by atoms with E-state index in [0.717, 1.165) is 12.8 Å². The quantitative estimate of drug-likeness (QED) is 0.624. The van der Waals surface area contributed by atoms with Crippen molar-refractivity contribution in [1.29, 1.82) is 0 Å². The molecule has 2 nitrogen and oxygen atoms in total. The summed E-state index contributed by atoms with van der Waals surface area (Å²) in [6.45, 7) is 9.09. The molecule has 13 heavy (non-hydrogen) atoms. The van der Waals surface area contributed by atoms with Crippen molar-refractivity contribution >= 4 is 7.12 Å². The first-order chi connectivity index (χ1) is 6.09. The summed E-state index contributed by atoms with van der Waals surface area (Å²) in [5, 5.41) is 0. The molecule has 1 aliphatic rings. The Bertz CT molecular complexity index is 199. The van der Waals surface area contributed by atoms with Gasteiger partial charge in [-0.25, -0.2) is 0 Å². The maximum atomic E-state index is 5.76. The summed E-state index contributed by atoms with van der Waals surface area (Å²) < 4.78 is 11.3. The first kappa shape index (κ1) is 10.8. The lowest BCUT2D eigenvalue weighted by Crippen LogP contribution is -2.25. The lowest BCUT2D eigenvalue weighted by atomic mass is 9.76. The van der Waals surface area contributed by atoms with Crippen LogP contribution in [0.5, 0.6) is 0 Å². The van der Waals surface area contributed by atoms with Crippen molar-refractivity contribution in [1.82, 2.24) is 0 Å². The van der Waals surface area contributed by atoms with Crippen LogP contribution < -0.4 is 0 Å². The first-order valence-electron chi connectivity index (χ1n) is 5.07. The minimum absolute atomic E-state index is 0.0973. The molecule has 1 rings (SSSR count). The standard InChI is InChI=1S/C10H19BO2/c1-5-7-9(6-2)11-12-8-10(3,4)13-11/h7H,5-6,8H2,1-4H3/b9-7+. The highest BCUT2D eigenvalue weighted by atomic mass is 16.7. The Balaban J connectivity index is 2.58. The minimum Gasteiger partial charge on any atom is -0.405 e. The first-order valence-corrected chi connectivity index (χ1v) is 5.07. The fourth-order valence-corrected chi connectivity index (χ4v) is 1.49. The number of allylic oxidation sites excluding steroid dienone is 2. The van der Waals surface area contributed by atoms with Gasteiger partial charge in [-0.15, -0.1) is 0 Å². The van der Waals surface area contributed by atoms with Crippen molar-refractivity contribution in [3.8, 4) is 0 Å². The summed E-state index contributed by atoms with van der Waals surface area (Å²) in [7, 11) is -0.0973.